The second-order valence-electron chi connectivity index (χ2n) is 7.34. The highest BCUT2D eigenvalue weighted by Crippen LogP contribution is 2.34. The van der Waals surface area contributed by atoms with Crippen LogP contribution in [0.15, 0.2) is 53.6 Å². The van der Waals surface area contributed by atoms with Gasteiger partial charge in [-0.3, -0.25) is 5.01 Å². The zero-order valence-electron chi connectivity index (χ0n) is 17.0. The monoisotopic (exact) mass is 373 g/mol. The molecular formula is C24H27N3O. The van der Waals surface area contributed by atoms with Gasteiger partial charge in [-0.2, -0.15) is 5.10 Å². The molecule has 1 unspecified atom stereocenters. The minimum atomic E-state index is 0.235. The van der Waals surface area contributed by atoms with Gasteiger partial charge in [-0.1, -0.05) is 36.4 Å². The summed E-state index contributed by atoms with van der Waals surface area (Å²) >= 11 is 0. The van der Waals surface area contributed by atoms with Crippen LogP contribution in [0.1, 0.15) is 48.0 Å². The molecule has 0 saturated heterocycles. The summed E-state index contributed by atoms with van der Waals surface area (Å²) in [4.78, 5) is 3.46. The number of rotatable bonds is 5. The Morgan fingerprint density at radius 3 is 2.54 bits per heavy atom. The summed E-state index contributed by atoms with van der Waals surface area (Å²) in [5.74, 6) is 0.906. The van der Waals surface area contributed by atoms with Crippen LogP contribution in [0.5, 0.6) is 5.75 Å². The third-order valence-electron chi connectivity index (χ3n) is 5.50. The molecule has 4 rings (SSSR count). The topological polar surface area (TPSA) is 40.6 Å². The molecule has 0 spiro atoms. The maximum atomic E-state index is 5.58. The normalized spacial score (nSPS) is 15.6. The minimum absolute atomic E-state index is 0.235. The van der Waals surface area contributed by atoms with Gasteiger partial charge in [-0.15, -0.1) is 0 Å². The predicted molar refractivity (Wildman–Crippen MR) is 115 cm³/mol. The highest BCUT2D eigenvalue weighted by atomic mass is 16.5. The van der Waals surface area contributed by atoms with E-state index >= 15 is 0 Å². The lowest BCUT2D eigenvalue weighted by atomic mass is 9.97. The van der Waals surface area contributed by atoms with E-state index in [2.05, 4.69) is 67.2 Å². The molecule has 1 aliphatic heterocycles. The fourth-order valence-electron chi connectivity index (χ4n) is 4.10. The number of benzene rings is 2. The molecule has 4 nitrogen and oxygen atoms in total. The molecule has 1 N–H and O–H groups in total. The first-order chi connectivity index (χ1) is 13.6. The van der Waals surface area contributed by atoms with Crippen molar-refractivity contribution in [1.82, 2.24) is 9.99 Å². The third-order valence-corrected chi connectivity index (χ3v) is 5.50. The first-order valence-electron chi connectivity index (χ1n) is 9.89. The Kier molecular flexibility index (Phi) is 4.95. The van der Waals surface area contributed by atoms with Crippen LogP contribution in [-0.2, 0) is 6.54 Å². The molecular weight excluding hydrogens is 346 g/mol. The lowest BCUT2D eigenvalue weighted by Gasteiger charge is -2.31. The van der Waals surface area contributed by atoms with Gasteiger partial charge >= 0.3 is 0 Å². The number of hydrazone groups is 1. The molecule has 0 saturated carbocycles. The van der Waals surface area contributed by atoms with Crippen molar-refractivity contribution < 1.29 is 4.74 Å². The molecule has 2 aromatic carbocycles. The SMILES string of the molecule is CCOc1ccc(-c2ccccc2CN2N=Cc3c(C)[nH]c(C)c3C2C)cc1. The maximum absolute atomic E-state index is 5.58. The highest BCUT2D eigenvalue weighted by Gasteiger charge is 2.26. The van der Waals surface area contributed by atoms with Gasteiger partial charge in [0.05, 0.1) is 25.4 Å². The largest absolute Gasteiger partial charge is 0.494 e. The molecule has 0 fully saturated rings. The molecule has 28 heavy (non-hydrogen) atoms. The van der Waals surface area contributed by atoms with Gasteiger partial charge in [-0.25, -0.2) is 0 Å². The first-order valence-corrected chi connectivity index (χ1v) is 9.89. The van der Waals surface area contributed by atoms with Crippen molar-refractivity contribution in [1.29, 1.82) is 0 Å². The summed E-state index contributed by atoms with van der Waals surface area (Å²) in [6.45, 7) is 9.94. The van der Waals surface area contributed by atoms with E-state index in [-0.39, 0.29) is 6.04 Å². The van der Waals surface area contributed by atoms with Crippen LogP contribution >= 0.6 is 0 Å². The van der Waals surface area contributed by atoms with Crippen LogP contribution in [0.4, 0.5) is 0 Å². The molecule has 2 heterocycles. The lowest BCUT2D eigenvalue weighted by Crippen LogP contribution is -2.26. The van der Waals surface area contributed by atoms with Crippen molar-refractivity contribution in [3.8, 4) is 16.9 Å². The first kappa shape index (κ1) is 18.4. The second kappa shape index (κ2) is 7.55. The van der Waals surface area contributed by atoms with Crippen molar-refractivity contribution in [3.63, 3.8) is 0 Å². The summed E-state index contributed by atoms with van der Waals surface area (Å²) in [6, 6.07) is 17.1. The zero-order chi connectivity index (χ0) is 19.7. The number of aryl methyl sites for hydroxylation is 2. The smallest absolute Gasteiger partial charge is 0.119 e. The van der Waals surface area contributed by atoms with E-state index < -0.39 is 0 Å². The number of aromatic amines is 1. The van der Waals surface area contributed by atoms with Crippen molar-refractivity contribution in [2.45, 2.75) is 40.3 Å². The van der Waals surface area contributed by atoms with E-state index in [0.29, 0.717) is 6.61 Å². The average molecular weight is 374 g/mol. The number of ether oxygens (including phenoxy) is 1. The van der Waals surface area contributed by atoms with Crippen LogP contribution in [0.25, 0.3) is 11.1 Å². The van der Waals surface area contributed by atoms with Gasteiger partial charge in [0.15, 0.2) is 0 Å². The second-order valence-corrected chi connectivity index (χ2v) is 7.34. The molecule has 1 aliphatic rings. The number of aromatic nitrogens is 1. The Morgan fingerprint density at radius 1 is 1.04 bits per heavy atom. The summed E-state index contributed by atoms with van der Waals surface area (Å²) in [7, 11) is 0. The Morgan fingerprint density at radius 2 is 1.79 bits per heavy atom. The molecule has 0 radical (unpaired) electrons. The molecule has 0 bridgehead atoms. The molecule has 1 aromatic heterocycles. The summed E-state index contributed by atoms with van der Waals surface area (Å²) < 4.78 is 5.58. The van der Waals surface area contributed by atoms with Crippen molar-refractivity contribution in [3.05, 3.63) is 76.6 Å². The molecule has 144 valence electrons. The predicted octanol–water partition coefficient (Wildman–Crippen LogP) is 5.61. The fourth-order valence-corrected chi connectivity index (χ4v) is 4.10. The van der Waals surface area contributed by atoms with Crippen molar-refractivity contribution >= 4 is 6.21 Å². The van der Waals surface area contributed by atoms with Crippen LogP contribution in [-0.4, -0.2) is 22.8 Å². The van der Waals surface area contributed by atoms with Crippen LogP contribution in [0.3, 0.4) is 0 Å². The average Bonchev–Trinajstić information content (AvgIpc) is 2.99. The Hall–Kier alpha value is -3.01. The maximum Gasteiger partial charge on any atom is 0.119 e. The van der Waals surface area contributed by atoms with Gasteiger partial charge in [0.25, 0.3) is 0 Å². The Labute approximate surface area is 166 Å². The zero-order valence-corrected chi connectivity index (χ0v) is 17.0. The molecule has 0 amide bonds. The molecule has 3 aromatic rings. The number of H-pyrrole nitrogens is 1. The molecule has 0 aliphatic carbocycles. The molecule has 1 atom stereocenters. The number of hydrogen-bond acceptors (Lipinski definition) is 3. The van der Waals surface area contributed by atoms with E-state index in [1.165, 1.54) is 39.2 Å². The van der Waals surface area contributed by atoms with Crippen LogP contribution in [0, 0.1) is 13.8 Å². The van der Waals surface area contributed by atoms with Gasteiger partial charge in [0.2, 0.25) is 0 Å². The highest BCUT2D eigenvalue weighted by molar-refractivity contribution is 5.85. The summed E-state index contributed by atoms with van der Waals surface area (Å²) in [6.07, 6.45) is 1.99. The van der Waals surface area contributed by atoms with Gasteiger partial charge in [0.1, 0.15) is 5.75 Å². The van der Waals surface area contributed by atoms with E-state index in [4.69, 9.17) is 9.84 Å². The number of nitrogens with one attached hydrogen (secondary N) is 1. The van der Waals surface area contributed by atoms with Gasteiger partial charge < -0.3 is 9.72 Å². The summed E-state index contributed by atoms with van der Waals surface area (Å²) in [5, 5.41) is 6.94. The lowest BCUT2D eigenvalue weighted by molar-refractivity contribution is 0.208. The molecule has 4 heteroatoms. The van der Waals surface area contributed by atoms with Crippen LogP contribution in [0.2, 0.25) is 0 Å². The van der Waals surface area contributed by atoms with Gasteiger partial charge in [-0.05, 0) is 56.5 Å². The van der Waals surface area contributed by atoms with E-state index in [1.807, 2.05) is 25.3 Å². The quantitative estimate of drug-likeness (QED) is 0.632. The Balaban J connectivity index is 1.62. The standard InChI is InChI=1S/C24H27N3O/c1-5-28-21-12-10-19(11-13-21)22-9-7-6-8-20(22)15-27-18(4)24-17(3)26-16(2)23(24)14-25-27/h6-14,18,26H,5,15H2,1-4H3. The number of fused-ring (bicyclic) bond motifs is 1. The third kappa shape index (κ3) is 3.31. The fraction of sp³-hybridized carbons (Fsp3) is 0.292. The van der Waals surface area contributed by atoms with Gasteiger partial charge in [0, 0.05) is 22.5 Å². The van der Waals surface area contributed by atoms with E-state index in [9.17, 15) is 0 Å². The Bertz CT molecular complexity index is 1000. The van der Waals surface area contributed by atoms with Crippen molar-refractivity contribution in [2.24, 2.45) is 5.10 Å². The van der Waals surface area contributed by atoms with Crippen LogP contribution < -0.4 is 4.74 Å². The minimum Gasteiger partial charge on any atom is -0.494 e. The summed E-state index contributed by atoms with van der Waals surface area (Å²) in [5.41, 5.74) is 8.72. The van der Waals surface area contributed by atoms with E-state index in [1.54, 1.807) is 0 Å². The van der Waals surface area contributed by atoms with E-state index in [0.717, 1.165) is 12.3 Å². The number of hydrogen-bond donors (Lipinski definition) is 1. The van der Waals surface area contributed by atoms with Crippen molar-refractivity contribution in [2.75, 3.05) is 6.61 Å². The number of nitrogens with zero attached hydrogens (tertiary/aromatic N) is 2.